The standard InChI is InChI=1S/C16H27N5O.2C2HF3O2/c1-19-15(10-21-12-17-11-18-21)8-13-9-20(5-2-16(13)19)14-3-6-22-7-4-14;2*3-2(4,5)1(6)7/h11-16H,2-10H2,1H3;2*(H,6,7)/t13-,15+,16+;;/m1../s1. The van der Waals surface area contributed by atoms with E-state index in [9.17, 15) is 26.3 Å². The molecule has 0 unspecified atom stereocenters. The number of aliphatic carboxylic acids is 2. The summed E-state index contributed by atoms with van der Waals surface area (Å²) in [7, 11) is 2.30. The van der Waals surface area contributed by atoms with Crippen molar-refractivity contribution >= 4 is 11.9 Å². The molecule has 0 aromatic carbocycles. The molecule has 0 aliphatic carbocycles. The first kappa shape index (κ1) is 29.8. The van der Waals surface area contributed by atoms with E-state index in [1.54, 1.807) is 6.33 Å². The van der Waals surface area contributed by atoms with Gasteiger partial charge in [-0.3, -0.25) is 14.5 Å². The van der Waals surface area contributed by atoms with Gasteiger partial charge in [-0.1, -0.05) is 0 Å². The molecule has 4 rings (SSSR count). The first-order valence-electron chi connectivity index (χ1n) is 11.2. The third-order valence-corrected chi connectivity index (χ3v) is 6.46. The third-order valence-electron chi connectivity index (χ3n) is 6.46. The fraction of sp³-hybridized carbons (Fsp3) is 0.800. The molecule has 2 N–H and O–H groups in total. The maximum Gasteiger partial charge on any atom is 0.490 e. The van der Waals surface area contributed by atoms with Crippen LogP contribution in [0, 0.1) is 5.92 Å². The van der Waals surface area contributed by atoms with Gasteiger partial charge in [0, 0.05) is 37.9 Å². The molecule has 3 aliphatic rings. The minimum absolute atomic E-state index is 0.603. The van der Waals surface area contributed by atoms with E-state index in [0.29, 0.717) is 6.04 Å². The van der Waals surface area contributed by atoms with Gasteiger partial charge in [0.25, 0.3) is 0 Å². The van der Waals surface area contributed by atoms with Crippen LogP contribution in [0.1, 0.15) is 25.7 Å². The second kappa shape index (κ2) is 12.7. The molecule has 10 nitrogen and oxygen atoms in total. The molecule has 3 fully saturated rings. The van der Waals surface area contributed by atoms with Crippen molar-refractivity contribution in [3.8, 4) is 0 Å². The summed E-state index contributed by atoms with van der Waals surface area (Å²) < 4.78 is 71.0. The van der Waals surface area contributed by atoms with Crippen LogP contribution in [0.25, 0.3) is 0 Å². The van der Waals surface area contributed by atoms with Gasteiger partial charge in [0.2, 0.25) is 0 Å². The number of rotatable bonds is 3. The van der Waals surface area contributed by atoms with Gasteiger partial charge in [0.05, 0.1) is 6.54 Å². The smallest absolute Gasteiger partial charge is 0.475 e. The van der Waals surface area contributed by atoms with E-state index in [2.05, 4.69) is 26.9 Å². The summed E-state index contributed by atoms with van der Waals surface area (Å²) in [6.45, 7) is 5.40. The molecule has 16 heteroatoms. The van der Waals surface area contributed by atoms with Crippen LogP contribution in [0.3, 0.4) is 0 Å². The van der Waals surface area contributed by atoms with E-state index in [4.69, 9.17) is 24.5 Å². The number of nitrogens with zero attached hydrogens (tertiary/aromatic N) is 5. The lowest BCUT2D eigenvalue weighted by atomic mass is 9.90. The van der Waals surface area contributed by atoms with Crippen LogP contribution in [-0.4, -0.2) is 111 Å². The van der Waals surface area contributed by atoms with E-state index >= 15 is 0 Å². The highest BCUT2D eigenvalue weighted by molar-refractivity contribution is 5.73. The Hall–Kier alpha value is -2.46. The number of aromatic nitrogens is 3. The number of carbonyl (C=O) groups is 2. The molecule has 36 heavy (non-hydrogen) atoms. The van der Waals surface area contributed by atoms with E-state index in [1.807, 2.05) is 11.0 Å². The van der Waals surface area contributed by atoms with Crippen molar-refractivity contribution in [2.24, 2.45) is 5.92 Å². The van der Waals surface area contributed by atoms with Crippen LogP contribution in [-0.2, 0) is 20.9 Å². The number of alkyl halides is 6. The highest BCUT2D eigenvalue weighted by Crippen LogP contribution is 2.36. The molecule has 3 atom stereocenters. The number of fused-ring (bicyclic) bond motifs is 1. The van der Waals surface area contributed by atoms with Crippen molar-refractivity contribution in [2.75, 3.05) is 33.4 Å². The number of carboxylic acids is 2. The Bertz CT molecular complexity index is 808. The van der Waals surface area contributed by atoms with E-state index in [1.165, 1.54) is 38.8 Å². The Kier molecular flexibility index (Phi) is 10.5. The van der Waals surface area contributed by atoms with Crippen molar-refractivity contribution < 1.29 is 50.9 Å². The van der Waals surface area contributed by atoms with Crippen molar-refractivity contribution in [1.29, 1.82) is 0 Å². The van der Waals surface area contributed by atoms with Crippen LogP contribution in [0.15, 0.2) is 12.7 Å². The SMILES string of the molecule is CN1[C@H](Cn2cncn2)C[C@@H]2CN(C3CCOCC3)CC[C@@H]21.O=C(O)C(F)(F)F.O=C(O)C(F)(F)F. The summed E-state index contributed by atoms with van der Waals surface area (Å²) in [5, 5.41) is 18.5. The Balaban J connectivity index is 0.000000271. The van der Waals surface area contributed by atoms with E-state index in [-0.39, 0.29) is 0 Å². The topological polar surface area (TPSA) is 121 Å². The summed E-state index contributed by atoms with van der Waals surface area (Å²) in [4.78, 5) is 27.2. The number of piperidine rings is 1. The first-order valence-corrected chi connectivity index (χ1v) is 11.2. The van der Waals surface area contributed by atoms with Gasteiger partial charge in [-0.15, -0.1) is 0 Å². The number of halogens is 6. The molecular weight excluding hydrogens is 504 g/mol. The zero-order chi connectivity index (χ0) is 27.1. The van der Waals surface area contributed by atoms with Crippen LogP contribution < -0.4 is 0 Å². The highest BCUT2D eigenvalue weighted by atomic mass is 19.4. The zero-order valence-electron chi connectivity index (χ0n) is 19.5. The summed E-state index contributed by atoms with van der Waals surface area (Å²) in [5.74, 6) is -4.70. The molecule has 3 aliphatic heterocycles. The maximum absolute atomic E-state index is 10.6. The van der Waals surface area contributed by atoms with Crippen LogP contribution in [0.5, 0.6) is 0 Å². The molecule has 1 aromatic rings. The van der Waals surface area contributed by atoms with Gasteiger partial charge < -0.3 is 14.9 Å². The van der Waals surface area contributed by atoms with Crippen molar-refractivity contribution in [1.82, 2.24) is 24.6 Å². The summed E-state index contributed by atoms with van der Waals surface area (Å²) in [6.07, 6.45) is -1.66. The molecule has 0 bridgehead atoms. The second-order valence-electron chi connectivity index (χ2n) is 8.73. The maximum atomic E-state index is 10.6. The quantitative estimate of drug-likeness (QED) is 0.563. The minimum Gasteiger partial charge on any atom is -0.475 e. The molecule has 1 aromatic heterocycles. The van der Waals surface area contributed by atoms with Gasteiger partial charge >= 0.3 is 24.3 Å². The second-order valence-corrected chi connectivity index (χ2v) is 8.73. The third kappa shape index (κ3) is 8.89. The molecule has 206 valence electrons. The van der Waals surface area contributed by atoms with E-state index in [0.717, 1.165) is 37.8 Å². The molecule has 0 saturated carbocycles. The Morgan fingerprint density at radius 2 is 1.58 bits per heavy atom. The molecule has 0 amide bonds. The van der Waals surface area contributed by atoms with Crippen molar-refractivity contribution in [3.63, 3.8) is 0 Å². The number of ether oxygens (including phenoxy) is 1. The molecule has 4 heterocycles. The van der Waals surface area contributed by atoms with Gasteiger partial charge in [-0.2, -0.15) is 31.4 Å². The number of likely N-dealkylation sites (N-methyl/N-ethyl adjacent to an activating group) is 1. The average Bonchev–Trinajstić information content (AvgIpc) is 3.42. The number of hydrogen-bond donors (Lipinski definition) is 2. The Morgan fingerprint density at radius 1 is 1.03 bits per heavy atom. The molecular formula is C20H29F6N5O5. The average molecular weight is 533 g/mol. The predicted octanol–water partition coefficient (Wildman–Crippen LogP) is 2.12. The fourth-order valence-corrected chi connectivity index (χ4v) is 4.73. The lowest BCUT2D eigenvalue weighted by molar-refractivity contribution is -0.193. The van der Waals surface area contributed by atoms with Gasteiger partial charge in [0.15, 0.2) is 0 Å². The predicted molar refractivity (Wildman–Crippen MR) is 111 cm³/mol. The normalized spacial score (nSPS) is 25.7. The number of hydrogen-bond acceptors (Lipinski definition) is 7. The Morgan fingerprint density at radius 3 is 2.06 bits per heavy atom. The van der Waals surface area contributed by atoms with Crippen molar-refractivity contribution in [2.45, 2.75) is 62.7 Å². The highest BCUT2D eigenvalue weighted by Gasteiger charge is 2.43. The first-order chi connectivity index (χ1) is 16.7. The van der Waals surface area contributed by atoms with Crippen LogP contribution in [0.2, 0.25) is 0 Å². The summed E-state index contributed by atoms with van der Waals surface area (Å²) in [6, 6.07) is 2.12. The monoisotopic (exact) mass is 533 g/mol. The minimum atomic E-state index is -5.08. The Labute approximate surface area is 202 Å². The molecule has 3 saturated heterocycles. The largest absolute Gasteiger partial charge is 0.490 e. The van der Waals surface area contributed by atoms with Crippen LogP contribution in [0.4, 0.5) is 26.3 Å². The summed E-state index contributed by atoms with van der Waals surface area (Å²) >= 11 is 0. The van der Waals surface area contributed by atoms with Crippen LogP contribution >= 0.6 is 0 Å². The fourth-order valence-electron chi connectivity index (χ4n) is 4.73. The van der Waals surface area contributed by atoms with Gasteiger partial charge in [-0.25, -0.2) is 14.6 Å². The van der Waals surface area contributed by atoms with Crippen molar-refractivity contribution in [3.05, 3.63) is 12.7 Å². The zero-order valence-corrected chi connectivity index (χ0v) is 19.5. The lowest BCUT2D eigenvalue weighted by Crippen LogP contribution is -2.50. The summed E-state index contributed by atoms with van der Waals surface area (Å²) in [5.41, 5.74) is 0. The molecule has 0 spiro atoms. The molecule has 0 radical (unpaired) electrons. The van der Waals surface area contributed by atoms with Gasteiger partial charge in [0.1, 0.15) is 12.7 Å². The number of likely N-dealkylation sites (tertiary alicyclic amines) is 2. The number of carboxylic acid groups (broad SMARTS) is 2. The lowest BCUT2D eigenvalue weighted by Gasteiger charge is -2.42. The van der Waals surface area contributed by atoms with E-state index < -0.39 is 24.3 Å². The van der Waals surface area contributed by atoms with Gasteiger partial charge in [-0.05, 0) is 45.2 Å².